The van der Waals surface area contributed by atoms with E-state index in [1.54, 1.807) is 6.33 Å². The summed E-state index contributed by atoms with van der Waals surface area (Å²) in [5, 5.41) is 3.20. The van der Waals surface area contributed by atoms with E-state index in [1.165, 1.54) is 0 Å². The summed E-state index contributed by atoms with van der Waals surface area (Å²) in [5.74, 6) is 0.590. The van der Waals surface area contributed by atoms with Gasteiger partial charge in [-0.25, -0.2) is 13.4 Å². The second kappa shape index (κ2) is 5.18. The molecule has 1 N–H and O–H groups in total. The maximum absolute atomic E-state index is 11.6. The fraction of sp³-hybridized carbons (Fsp3) is 0.727. The van der Waals surface area contributed by atoms with Gasteiger partial charge in [0.15, 0.2) is 9.84 Å². The van der Waals surface area contributed by atoms with Crippen molar-refractivity contribution in [3.05, 3.63) is 18.2 Å². The molecule has 1 aliphatic heterocycles. The van der Waals surface area contributed by atoms with Crippen molar-refractivity contribution >= 4 is 9.84 Å². The van der Waals surface area contributed by atoms with Gasteiger partial charge in [-0.1, -0.05) is 6.92 Å². The maximum Gasteiger partial charge on any atom is 0.152 e. The van der Waals surface area contributed by atoms with Gasteiger partial charge in [0.1, 0.15) is 0 Å². The Hall–Kier alpha value is -0.880. The third-order valence-corrected chi connectivity index (χ3v) is 4.88. The molecule has 1 aromatic rings. The van der Waals surface area contributed by atoms with Crippen molar-refractivity contribution in [2.24, 2.45) is 0 Å². The number of nitrogens with one attached hydrogen (secondary N) is 1. The summed E-state index contributed by atoms with van der Waals surface area (Å²) < 4.78 is 25.1. The van der Waals surface area contributed by atoms with Gasteiger partial charge in [0.2, 0.25) is 0 Å². The highest BCUT2D eigenvalue weighted by Gasteiger charge is 2.25. The van der Waals surface area contributed by atoms with Crippen LogP contribution in [0.25, 0.3) is 0 Å². The molecule has 1 aromatic heterocycles. The highest BCUT2D eigenvalue weighted by molar-refractivity contribution is 7.91. The van der Waals surface area contributed by atoms with E-state index in [2.05, 4.69) is 10.3 Å². The molecule has 0 spiro atoms. The predicted octanol–water partition coefficient (Wildman–Crippen LogP) is 0.742. The Labute approximate surface area is 102 Å². The fourth-order valence-electron chi connectivity index (χ4n) is 2.16. The highest BCUT2D eigenvalue weighted by Crippen LogP contribution is 2.23. The van der Waals surface area contributed by atoms with Crippen molar-refractivity contribution in [2.45, 2.75) is 32.4 Å². The maximum atomic E-state index is 11.6. The van der Waals surface area contributed by atoms with Gasteiger partial charge in [-0.05, 0) is 19.4 Å². The summed E-state index contributed by atoms with van der Waals surface area (Å²) in [4.78, 5) is 4.28. The Morgan fingerprint density at radius 1 is 1.59 bits per heavy atom. The average molecular weight is 257 g/mol. The molecule has 2 rings (SSSR count). The van der Waals surface area contributed by atoms with E-state index < -0.39 is 9.84 Å². The second-order valence-electron chi connectivity index (χ2n) is 4.50. The number of hydrogen-bond donors (Lipinski definition) is 1. The van der Waals surface area contributed by atoms with Crippen LogP contribution < -0.4 is 5.32 Å². The summed E-state index contributed by atoms with van der Waals surface area (Å²) in [6.07, 6.45) is 5.39. The van der Waals surface area contributed by atoms with Crippen molar-refractivity contribution in [3.8, 4) is 0 Å². The Morgan fingerprint density at radius 3 is 3.12 bits per heavy atom. The monoisotopic (exact) mass is 257 g/mol. The zero-order chi connectivity index (χ0) is 12.3. The highest BCUT2D eigenvalue weighted by atomic mass is 32.2. The summed E-state index contributed by atoms with van der Waals surface area (Å²) in [6.45, 7) is 3.69. The van der Waals surface area contributed by atoms with Crippen LogP contribution in [0.4, 0.5) is 0 Å². The smallest absolute Gasteiger partial charge is 0.152 e. The van der Waals surface area contributed by atoms with Crippen LogP contribution in [0.15, 0.2) is 12.5 Å². The van der Waals surface area contributed by atoms with Crippen LogP contribution in [0.3, 0.4) is 0 Å². The van der Waals surface area contributed by atoms with Gasteiger partial charge in [-0.2, -0.15) is 0 Å². The Balaban J connectivity index is 2.04. The molecule has 1 saturated heterocycles. The third-order valence-electron chi connectivity index (χ3n) is 3.07. The van der Waals surface area contributed by atoms with Crippen molar-refractivity contribution in [1.29, 1.82) is 0 Å². The standard InChI is InChI=1S/C11H19N3O2S/c1-2-12-6-10-7-14(9-13-10)11-4-3-5-17(15,16)8-11/h7,9,11-12H,2-6,8H2,1H3. The Kier molecular flexibility index (Phi) is 3.83. The van der Waals surface area contributed by atoms with Gasteiger partial charge in [-0.3, -0.25) is 0 Å². The van der Waals surface area contributed by atoms with Gasteiger partial charge < -0.3 is 9.88 Å². The van der Waals surface area contributed by atoms with E-state index in [9.17, 15) is 8.42 Å². The van der Waals surface area contributed by atoms with E-state index in [0.717, 1.165) is 31.6 Å². The van der Waals surface area contributed by atoms with Crippen molar-refractivity contribution in [2.75, 3.05) is 18.1 Å². The molecule has 0 aliphatic carbocycles. The summed E-state index contributed by atoms with van der Waals surface area (Å²) in [7, 11) is -2.85. The first-order valence-electron chi connectivity index (χ1n) is 6.04. The molecule has 1 atom stereocenters. The van der Waals surface area contributed by atoms with E-state index in [4.69, 9.17) is 0 Å². The quantitative estimate of drug-likeness (QED) is 0.864. The van der Waals surface area contributed by atoms with Crippen LogP contribution >= 0.6 is 0 Å². The number of hydrogen-bond acceptors (Lipinski definition) is 4. The van der Waals surface area contributed by atoms with Gasteiger partial charge >= 0.3 is 0 Å². The summed E-state index contributed by atoms with van der Waals surface area (Å²) in [6, 6.07) is 0.0663. The van der Waals surface area contributed by atoms with E-state index in [1.807, 2.05) is 17.7 Å². The summed E-state index contributed by atoms with van der Waals surface area (Å²) in [5.41, 5.74) is 0.967. The van der Waals surface area contributed by atoms with Crippen molar-refractivity contribution in [1.82, 2.24) is 14.9 Å². The minimum atomic E-state index is -2.85. The summed E-state index contributed by atoms with van der Waals surface area (Å²) >= 11 is 0. The lowest BCUT2D eigenvalue weighted by Crippen LogP contribution is -2.26. The molecular weight excluding hydrogens is 238 g/mol. The molecule has 6 heteroatoms. The average Bonchev–Trinajstić information content (AvgIpc) is 2.73. The topological polar surface area (TPSA) is 64.0 Å². The number of nitrogens with zero attached hydrogens (tertiary/aromatic N) is 2. The first-order chi connectivity index (χ1) is 8.11. The molecular formula is C11H19N3O2S. The van der Waals surface area contributed by atoms with Crippen LogP contribution in [0.1, 0.15) is 31.5 Å². The predicted molar refractivity (Wildman–Crippen MR) is 66.5 cm³/mol. The van der Waals surface area contributed by atoms with Gasteiger partial charge in [0, 0.05) is 18.8 Å². The number of rotatable bonds is 4. The SMILES string of the molecule is CCNCc1cn(C2CCCS(=O)(=O)C2)cn1. The largest absolute Gasteiger partial charge is 0.333 e. The second-order valence-corrected chi connectivity index (χ2v) is 6.73. The molecule has 0 saturated carbocycles. The minimum Gasteiger partial charge on any atom is -0.333 e. The van der Waals surface area contributed by atoms with Crippen LogP contribution in [-0.4, -0.2) is 36.0 Å². The molecule has 1 unspecified atom stereocenters. The Morgan fingerprint density at radius 2 is 2.41 bits per heavy atom. The van der Waals surface area contributed by atoms with E-state index in [-0.39, 0.29) is 11.8 Å². The zero-order valence-corrected chi connectivity index (χ0v) is 10.9. The van der Waals surface area contributed by atoms with E-state index >= 15 is 0 Å². The lowest BCUT2D eigenvalue weighted by molar-refractivity contribution is 0.469. The molecule has 96 valence electrons. The number of imidazole rings is 1. The first kappa shape index (κ1) is 12.6. The number of sulfone groups is 1. The van der Waals surface area contributed by atoms with Gasteiger partial charge in [-0.15, -0.1) is 0 Å². The van der Waals surface area contributed by atoms with Gasteiger partial charge in [0.25, 0.3) is 0 Å². The molecule has 0 aromatic carbocycles. The lowest BCUT2D eigenvalue weighted by atomic mass is 10.2. The molecule has 1 aliphatic rings. The first-order valence-corrected chi connectivity index (χ1v) is 7.86. The fourth-order valence-corrected chi connectivity index (χ4v) is 3.86. The normalized spacial score (nSPS) is 23.7. The van der Waals surface area contributed by atoms with Crippen LogP contribution in [-0.2, 0) is 16.4 Å². The van der Waals surface area contributed by atoms with Crippen LogP contribution in [0.2, 0.25) is 0 Å². The van der Waals surface area contributed by atoms with Crippen molar-refractivity contribution in [3.63, 3.8) is 0 Å². The third kappa shape index (κ3) is 3.29. The molecule has 5 nitrogen and oxygen atoms in total. The molecule has 0 bridgehead atoms. The molecule has 17 heavy (non-hydrogen) atoms. The minimum absolute atomic E-state index is 0.0663. The molecule has 0 amide bonds. The lowest BCUT2D eigenvalue weighted by Gasteiger charge is -2.22. The van der Waals surface area contributed by atoms with Crippen LogP contribution in [0.5, 0.6) is 0 Å². The molecule has 1 fully saturated rings. The van der Waals surface area contributed by atoms with Crippen molar-refractivity contribution < 1.29 is 8.42 Å². The number of aromatic nitrogens is 2. The zero-order valence-electron chi connectivity index (χ0n) is 10.1. The van der Waals surface area contributed by atoms with Gasteiger partial charge in [0.05, 0.1) is 23.5 Å². The van der Waals surface area contributed by atoms with E-state index in [0.29, 0.717) is 5.75 Å². The van der Waals surface area contributed by atoms with Crippen LogP contribution in [0, 0.1) is 0 Å². The molecule has 2 heterocycles. The molecule has 0 radical (unpaired) electrons. The Bertz CT molecular complexity index is 467.